The smallest absolute Gasteiger partial charge is 0.192 e. The van der Waals surface area contributed by atoms with Crippen LogP contribution < -0.4 is 0 Å². The summed E-state index contributed by atoms with van der Waals surface area (Å²) in [6, 6.07) is 16.4. The van der Waals surface area contributed by atoms with Gasteiger partial charge in [-0.2, -0.15) is 23.7 Å². The van der Waals surface area contributed by atoms with Crippen LogP contribution in [-0.4, -0.2) is 0 Å². The zero-order valence-electron chi connectivity index (χ0n) is 16.1. The van der Waals surface area contributed by atoms with Crippen molar-refractivity contribution in [2.45, 2.75) is 38.8 Å². The van der Waals surface area contributed by atoms with Crippen LogP contribution >= 0.6 is 0 Å². The molecule has 3 rings (SSSR count). The lowest BCUT2D eigenvalue weighted by Gasteiger charge is -2.16. The highest BCUT2D eigenvalue weighted by atomic mass is 19.4. The van der Waals surface area contributed by atoms with E-state index in [-0.39, 0.29) is 22.6 Å². The van der Waals surface area contributed by atoms with Crippen LogP contribution in [-0.2, 0) is 6.18 Å². The molecule has 0 aliphatic rings. The van der Waals surface area contributed by atoms with Crippen LogP contribution in [0.2, 0.25) is 0 Å². The Labute approximate surface area is 167 Å². The number of nitriles is 2. The Balaban J connectivity index is 2.38. The topological polar surface area (TPSA) is 47.6 Å². The summed E-state index contributed by atoms with van der Waals surface area (Å²) in [5.41, 5.74) is 1.17. The second kappa shape index (κ2) is 7.97. The summed E-state index contributed by atoms with van der Waals surface area (Å²) in [4.78, 5) is 0. The molecule has 0 fully saturated rings. The van der Waals surface area contributed by atoms with E-state index >= 15 is 0 Å². The molecular weight excluding hydrogens is 373 g/mol. The van der Waals surface area contributed by atoms with Gasteiger partial charge in [0.1, 0.15) is 12.1 Å². The number of fused-ring (bicyclic) bond motifs is 1. The van der Waals surface area contributed by atoms with E-state index in [1.54, 1.807) is 12.1 Å². The minimum atomic E-state index is -4.49. The number of benzene rings is 3. The van der Waals surface area contributed by atoms with Crippen LogP contribution in [0.1, 0.15) is 54.9 Å². The van der Waals surface area contributed by atoms with Crippen LogP contribution in [0.25, 0.3) is 21.9 Å². The fourth-order valence-electron chi connectivity index (χ4n) is 3.67. The minimum Gasteiger partial charge on any atom is -0.192 e. The summed E-state index contributed by atoms with van der Waals surface area (Å²) in [7, 11) is 0. The molecule has 0 saturated heterocycles. The fourth-order valence-corrected chi connectivity index (χ4v) is 3.67. The first-order valence-corrected chi connectivity index (χ1v) is 9.38. The molecule has 0 N–H and O–H groups in total. The number of alkyl halides is 3. The molecule has 0 aromatic heterocycles. The first kappa shape index (κ1) is 20.4. The molecule has 0 bridgehead atoms. The van der Waals surface area contributed by atoms with E-state index in [0.29, 0.717) is 10.9 Å². The lowest BCUT2D eigenvalue weighted by molar-refractivity contribution is -0.137. The van der Waals surface area contributed by atoms with Gasteiger partial charge in [0.2, 0.25) is 0 Å². The van der Waals surface area contributed by atoms with Crippen molar-refractivity contribution in [3.63, 3.8) is 0 Å². The van der Waals surface area contributed by atoms with E-state index < -0.39 is 11.7 Å². The molecular formula is C24H19F3N2. The van der Waals surface area contributed by atoms with Gasteiger partial charge >= 0.3 is 6.18 Å². The molecule has 1 atom stereocenters. The fraction of sp³-hybridized carbons (Fsp3) is 0.250. The van der Waals surface area contributed by atoms with Crippen molar-refractivity contribution in [3.8, 4) is 23.3 Å². The van der Waals surface area contributed by atoms with Crippen molar-refractivity contribution in [2.75, 3.05) is 0 Å². The second-order valence-electron chi connectivity index (χ2n) is 7.15. The van der Waals surface area contributed by atoms with Crippen LogP contribution in [0, 0.1) is 22.7 Å². The van der Waals surface area contributed by atoms with Crippen molar-refractivity contribution in [3.05, 3.63) is 70.8 Å². The molecule has 2 nitrogen and oxygen atoms in total. The summed E-state index contributed by atoms with van der Waals surface area (Å²) < 4.78 is 39.8. The highest BCUT2D eigenvalue weighted by Crippen LogP contribution is 2.38. The van der Waals surface area contributed by atoms with E-state index in [1.165, 1.54) is 6.07 Å². The molecule has 0 saturated carbocycles. The van der Waals surface area contributed by atoms with Gasteiger partial charge in [-0.1, -0.05) is 50.6 Å². The van der Waals surface area contributed by atoms with Crippen molar-refractivity contribution in [1.29, 1.82) is 10.5 Å². The maximum Gasteiger partial charge on any atom is 0.416 e. The number of rotatable bonds is 4. The van der Waals surface area contributed by atoms with Gasteiger partial charge < -0.3 is 0 Å². The van der Waals surface area contributed by atoms with Gasteiger partial charge in [-0.05, 0) is 52.4 Å². The van der Waals surface area contributed by atoms with Gasteiger partial charge in [0.25, 0.3) is 0 Å². The maximum atomic E-state index is 13.3. The first-order valence-electron chi connectivity index (χ1n) is 9.38. The van der Waals surface area contributed by atoms with Gasteiger partial charge in [0.05, 0.1) is 16.7 Å². The van der Waals surface area contributed by atoms with Crippen LogP contribution in [0.15, 0.2) is 48.5 Å². The summed E-state index contributed by atoms with van der Waals surface area (Å²) in [5.74, 6) is 0.278. The predicted octanol–water partition coefficient (Wildman–Crippen LogP) is 7.17. The molecule has 0 aliphatic heterocycles. The zero-order valence-corrected chi connectivity index (χ0v) is 16.1. The molecule has 1 unspecified atom stereocenters. The quantitative estimate of drug-likeness (QED) is 0.472. The van der Waals surface area contributed by atoms with E-state index in [9.17, 15) is 23.7 Å². The van der Waals surface area contributed by atoms with E-state index in [0.717, 1.165) is 35.9 Å². The van der Waals surface area contributed by atoms with Gasteiger partial charge in [-0.15, -0.1) is 0 Å². The van der Waals surface area contributed by atoms with Crippen molar-refractivity contribution >= 4 is 10.8 Å². The Kier molecular flexibility index (Phi) is 5.62. The molecule has 0 heterocycles. The van der Waals surface area contributed by atoms with E-state index in [2.05, 4.69) is 13.8 Å². The van der Waals surface area contributed by atoms with Gasteiger partial charge in [-0.25, -0.2) is 0 Å². The van der Waals surface area contributed by atoms with Crippen molar-refractivity contribution < 1.29 is 13.2 Å². The summed E-state index contributed by atoms with van der Waals surface area (Å²) in [6.07, 6.45) is -2.51. The third-order valence-corrected chi connectivity index (χ3v) is 5.17. The third-order valence-electron chi connectivity index (χ3n) is 5.17. The standard InChI is InChI=1S/C24H19F3N2/c1-3-5-15(2)16-8-9-17-10-19(13-28)22(14-29)23(21(17)12-16)18-6-4-7-20(11-18)24(25,26)27/h4,6-12,15H,3,5H2,1-2H3. The van der Waals surface area contributed by atoms with Gasteiger partial charge in [-0.3, -0.25) is 0 Å². The first-order chi connectivity index (χ1) is 13.8. The van der Waals surface area contributed by atoms with Crippen LogP contribution in [0.5, 0.6) is 0 Å². The molecule has 0 aliphatic carbocycles. The van der Waals surface area contributed by atoms with Crippen LogP contribution in [0.4, 0.5) is 13.2 Å². The van der Waals surface area contributed by atoms with E-state index in [4.69, 9.17) is 0 Å². The molecule has 0 amide bonds. The average Bonchev–Trinajstić information content (AvgIpc) is 2.71. The number of hydrogen-bond donors (Lipinski definition) is 0. The van der Waals surface area contributed by atoms with E-state index in [1.807, 2.05) is 30.3 Å². The summed E-state index contributed by atoms with van der Waals surface area (Å²) in [5, 5.41) is 20.6. The molecule has 0 radical (unpaired) electrons. The van der Waals surface area contributed by atoms with Crippen molar-refractivity contribution in [2.24, 2.45) is 0 Å². The third kappa shape index (κ3) is 3.96. The largest absolute Gasteiger partial charge is 0.416 e. The zero-order chi connectivity index (χ0) is 21.2. The Morgan fingerprint density at radius 1 is 1.00 bits per heavy atom. The molecule has 3 aromatic rings. The van der Waals surface area contributed by atoms with Crippen LogP contribution in [0.3, 0.4) is 0 Å². The van der Waals surface area contributed by atoms with Gasteiger partial charge in [0, 0.05) is 5.56 Å². The highest BCUT2D eigenvalue weighted by molar-refractivity contribution is 6.01. The molecule has 29 heavy (non-hydrogen) atoms. The molecule has 0 spiro atoms. The van der Waals surface area contributed by atoms with Crippen molar-refractivity contribution in [1.82, 2.24) is 0 Å². The average molecular weight is 392 g/mol. The maximum absolute atomic E-state index is 13.3. The highest BCUT2D eigenvalue weighted by Gasteiger charge is 2.31. The lowest BCUT2D eigenvalue weighted by Crippen LogP contribution is -2.05. The Bertz CT molecular complexity index is 1150. The Morgan fingerprint density at radius 3 is 2.38 bits per heavy atom. The SMILES string of the molecule is CCCC(C)c1ccc2cc(C#N)c(C#N)c(-c3cccc(C(F)(F)F)c3)c2c1. The monoisotopic (exact) mass is 392 g/mol. The molecule has 146 valence electrons. The normalized spacial score (nSPS) is 12.4. The predicted molar refractivity (Wildman–Crippen MR) is 107 cm³/mol. The number of halogens is 3. The minimum absolute atomic E-state index is 0.0969. The second-order valence-corrected chi connectivity index (χ2v) is 7.15. The Morgan fingerprint density at radius 2 is 1.76 bits per heavy atom. The Hall–Kier alpha value is -3.31. The molecule has 3 aromatic carbocycles. The number of nitrogens with zero attached hydrogens (tertiary/aromatic N) is 2. The summed E-state index contributed by atoms with van der Waals surface area (Å²) in [6.45, 7) is 4.20. The summed E-state index contributed by atoms with van der Waals surface area (Å²) >= 11 is 0. The molecule has 5 heteroatoms. The number of hydrogen-bond acceptors (Lipinski definition) is 2. The van der Waals surface area contributed by atoms with Gasteiger partial charge in [0.15, 0.2) is 0 Å². The lowest BCUT2D eigenvalue weighted by atomic mass is 9.87.